The first-order chi connectivity index (χ1) is 16.3. The maximum atomic E-state index is 13.9. The van der Waals surface area contributed by atoms with E-state index in [-0.39, 0.29) is 17.0 Å². The molecule has 2 amide bonds. The van der Waals surface area contributed by atoms with E-state index in [1.54, 1.807) is 12.1 Å². The van der Waals surface area contributed by atoms with Crippen molar-refractivity contribution in [2.45, 2.75) is 20.8 Å². The third kappa shape index (κ3) is 4.29. The fourth-order valence-electron chi connectivity index (χ4n) is 3.98. The van der Waals surface area contributed by atoms with Gasteiger partial charge < -0.3 is 10.2 Å². The van der Waals surface area contributed by atoms with Gasteiger partial charge >= 0.3 is 0 Å². The van der Waals surface area contributed by atoms with Gasteiger partial charge in [0.05, 0.1) is 11.3 Å². The molecule has 34 heavy (non-hydrogen) atoms. The molecule has 0 atom stereocenters. The molecule has 5 nitrogen and oxygen atoms in total. The monoisotopic (exact) mass is 461 g/mol. The van der Waals surface area contributed by atoms with Crippen molar-refractivity contribution in [1.82, 2.24) is 0 Å². The average Bonchev–Trinajstić information content (AvgIpc) is 3.07. The lowest BCUT2D eigenvalue weighted by Gasteiger charge is -2.21. The fourth-order valence-corrected chi connectivity index (χ4v) is 3.98. The maximum Gasteiger partial charge on any atom is 0.282 e. The molecule has 1 heterocycles. The molecule has 0 radical (unpaired) electrons. The predicted octanol–water partition coefficient (Wildman–Crippen LogP) is 5.52. The van der Waals surface area contributed by atoms with Crippen LogP contribution in [-0.2, 0) is 9.59 Å². The van der Waals surface area contributed by atoms with Crippen molar-refractivity contribution in [2.24, 2.45) is 0 Å². The number of rotatable bonds is 7. The van der Waals surface area contributed by atoms with Crippen LogP contribution in [0.3, 0.4) is 0 Å². The van der Waals surface area contributed by atoms with Crippen molar-refractivity contribution in [2.75, 3.05) is 28.2 Å². The summed E-state index contributed by atoms with van der Waals surface area (Å²) < 4.78 is 27.4. The molecule has 0 spiro atoms. The van der Waals surface area contributed by atoms with E-state index in [4.69, 9.17) is 0 Å². The number of imide groups is 1. The highest BCUT2D eigenvalue weighted by molar-refractivity contribution is 6.46. The highest BCUT2D eigenvalue weighted by Crippen LogP contribution is 2.34. The van der Waals surface area contributed by atoms with Gasteiger partial charge in [-0.2, -0.15) is 0 Å². The van der Waals surface area contributed by atoms with E-state index in [1.165, 1.54) is 6.07 Å². The molecule has 0 fully saturated rings. The van der Waals surface area contributed by atoms with Crippen LogP contribution in [0.4, 0.5) is 25.8 Å². The predicted molar refractivity (Wildman–Crippen MR) is 131 cm³/mol. The first-order valence-corrected chi connectivity index (χ1v) is 11.1. The van der Waals surface area contributed by atoms with E-state index in [0.717, 1.165) is 41.4 Å². The molecular formula is C27H25F2N3O2. The molecule has 0 aliphatic carbocycles. The van der Waals surface area contributed by atoms with Crippen LogP contribution in [0.2, 0.25) is 0 Å². The summed E-state index contributed by atoms with van der Waals surface area (Å²) in [7, 11) is 0. The van der Waals surface area contributed by atoms with Crippen LogP contribution >= 0.6 is 0 Å². The number of aryl methyl sites for hydroxylation is 1. The number of nitrogens with one attached hydrogen (secondary N) is 1. The van der Waals surface area contributed by atoms with E-state index in [0.29, 0.717) is 11.3 Å². The number of anilines is 3. The summed E-state index contributed by atoms with van der Waals surface area (Å²) in [6.45, 7) is 7.79. The Bertz CT molecular complexity index is 1260. The highest BCUT2D eigenvalue weighted by atomic mass is 19.2. The van der Waals surface area contributed by atoms with Crippen LogP contribution < -0.4 is 15.1 Å². The Morgan fingerprint density at radius 3 is 2.06 bits per heavy atom. The lowest BCUT2D eigenvalue weighted by atomic mass is 10.0. The van der Waals surface area contributed by atoms with Crippen LogP contribution in [0.5, 0.6) is 0 Å². The molecule has 0 aromatic heterocycles. The van der Waals surface area contributed by atoms with Crippen molar-refractivity contribution in [3.8, 4) is 0 Å². The van der Waals surface area contributed by atoms with Gasteiger partial charge in [0.15, 0.2) is 11.6 Å². The van der Waals surface area contributed by atoms with Crippen LogP contribution in [0.1, 0.15) is 25.0 Å². The van der Waals surface area contributed by atoms with Gasteiger partial charge in [-0.15, -0.1) is 0 Å². The van der Waals surface area contributed by atoms with Crippen molar-refractivity contribution >= 4 is 34.4 Å². The Labute approximate surface area is 197 Å². The Balaban J connectivity index is 1.75. The quantitative estimate of drug-likeness (QED) is 0.471. The minimum atomic E-state index is -1.14. The fraction of sp³-hybridized carbons (Fsp3) is 0.185. The molecule has 3 aromatic carbocycles. The maximum absolute atomic E-state index is 13.9. The number of nitrogens with zero attached hydrogens (tertiary/aromatic N) is 2. The molecule has 0 bridgehead atoms. The minimum absolute atomic E-state index is 0.0350. The van der Waals surface area contributed by atoms with E-state index >= 15 is 0 Å². The summed E-state index contributed by atoms with van der Waals surface area (Å²) >= 11 is 0. The summed E-state index contributed by atoms with van der Waals surface area (Å²) in [4.78, 5) is 29.9. The summed E-state index contributed by atoms with van der Waals surface area (Å²) in [5, 5.41) is 3.09. The Hall–Kier alpha value is -4.00. The second-order valence-corrected chi connectivity index (χ2v) is 8.00. The van der Waals surface area contributed by atoms with Gasteiger partial charge in [0.2, 0.25) is 0 Å². The molecule has 0 unspecified atom stereocenters. The van der Waals surface area contributed by atoms with Crippen molar-refractivity contribution in [3.63, 3.8) is 0 Å². The van der Waals surface area contributed by atoms with Crippen molar-refractivity contribution in [3.05, 3.63) is 95.2 Å². The van der Waals surface area contributed by atoms with Crippen molar-refractivity contribution in [1.29, 1.82) is 0 Å². The normalized spacial score (nSPS) is 13.6. The molecule has 174 valence electrons. The van der Waals surface area contributed by atoms with Crippen LogP contribution in [0.15, 0.2) is 72.4 Å². The molecular weight excluding hydrogens is 436 g/mol. The van der Waals surface area contributed by atoms with Gasteiger partial charge in [-0.3, -0.25) is 9.59 Å². The second kappa shape index (κ2) is 9.47. The Morgan fingerprint density at radius 1 is 0.824 bits per heavy atom. The number of carbonyl (C=O) groups excluding carboxylic acids is 2. The Kier molecular flexibility index (Phi) is 6.45. The van der Waals surface area contributed by atoms with Gasteiger partial charge in [-0.25, -0.2) is 13.7 Å². The number of amides is 2. The number of hydrogen-bond acceptors (Lipinski definition) is 4. The number of carbonyl (C=O) groups is 2. The number of halogens is 2. The third-order valence-corrected chi connectivity index (χ3v) is 5.85. The molecule has 1 aliphatic heterocycles. The first-order valence-electron chi connectivity index (χ1n) is 11.1. The first kappa shape index (κ1) is 23.2. The molecule has 3 aromatic rings. The summed E-state index contributed by atoms with van der Waals surface area (Å²) in [6, 6.07) is 17.7. The van der Waals surface area contributed by atoms with Crippen LogP contribution in [-0.4, -0.2) is 24.9 Å². The van der Waals surface area contributed by atoms with E-state index in [2.05, 4.69) is 24.1 Å². The van der Waals surface area contributed by atoms with E-state index in [1.807, 2.05) is 43.3 Å². The molecule has 7 heteroatoms. The molecule has 0 saturated carbocycles. The topological polar surface area (TPSA) is 52.7 Å². The summed E-state index contributed by atoms with van der Waals surface area (Å²) in [5.74, 6) is -3.44. The molecule has 4 rings (SSSR count). The molecule has 0 saturated heterocycles. The van der Waals surface area contributed by atoms with Gasteiger partial charge in [-0.1, -0.05) is 29.8 Å². The number of benzene rings is 3. The summed E-state index contributed by atoms with van der Waals surface area (Å²) in [5.41, 5.74) is 3.43. The number of hydrogen-bond donors (Lipinski definition) is 1. The molecule has 1 N–H and O–H groups in total. The molecule has 1 aliphatic rings. The van der Waals surface area contributed by atoms with Crippen molar-refractivity contribution < 1.29 is 18.4 Å². The van der Waals surface area contributed by atoms with Gasteiger partial charge in [0, 0.05) is 30.5 Å². The van der Waals surface area contributed by atoms with Gasteiger partial charge in [0.1, 0.15) is 5.70 Å². The largest absolute Gasteiger partial charge is 0.372 e. The highest BCUT2D eigenvalue weighted by Gasteiger charge is 2.40. The third-order valence-electron chi connectivity index (χ3n) is 5.85. The van der Waals surface area contributed by atoms with Gasteiger partial charge in [0.25, 0.3) is 11.8 Å². The smallest absolute Gasteiger partial charge is 0.282 e. The Morgan fingerprint density at radius 2 is 1.47 bits per heavy atom. The standard InChI is InChI=1S/C27H25F2N3O2/c1-4-31(5-2)20-12-10-19(11-13-20)30-25-24(18-8-6-17(3)7-9-18)26(33)32(27(25)34)21-14-15-22(28)23(29)16-21/h6-16,30H,4-5H2,1-3H3. The zero-order chi connectivity index (χ0) is 24.4. The lowest BCUT2D eigenvalue weighted by Crippen LogP contribution is -2.32. The SMILES string of the molecule is CCN(CC)c1ccc(NC2=C(c3ccc(C)cc3)C(=O)N(c3ccc(F)c(F)c3)C2=O)cc1. The van der Waals surface area contributed by atoms with Gasteiger partial charge in [-0.05, 0) is 62.7 Å². The van der Waals surface area contributed by atoms with E-state index in [9.17, 15) is 18.4 Å². The van der Waals surface area contributed by atoms with Crippen LogP contribution in [0, 0.1) is 18.6 Å². The van der Waals surface area contributed by atoms with E-state index < -0.39 is 23.4 Å². The average molecular weight is 462 g/mol. The second-order valence-electron chi connectivity index (χ2n) is 8.00. The minimum Gasteiger partial charge on any atom is -0.372 e. The van der Waals surface area contributed by atoms with Crippen LogP contribution in [0.25, 0.3) is 5.57 Å². The summed E-state index contributed by atoms with van der Waals surface area (Å²) in [6.07, 6.45) is 0. The zero-order valence-corrected chi connectivity index (χ0v) is 19.2. The lowest BCUT2D eigenvalue weighted by molar-refractivity contribution is -0.120. The zero-order valence-electron chi connectivity index (χ0n) is 19.2.